The van der Waals surface area contributed by atoms with Crippen molar-refractivity contribution in [1.29, 1.82) is 0 Å². The number of carbonyl (C=O) groups excluding carboxylic acids is 1. The van der Waals surface area contributed by atoms with Gasteiger partial charge >= 0.3 is 0 Å². The SMILES string of the molecule is O=C(c1cc2c(F)cc(Br)cc2[nH]1)N1CCCC1c1ncc[nH]1. The summed E-state index contributed by atoms with van der Waals surface area (Å²) in [6, 6.07) is 4.69. The van der Waals surface area contributed by atoms with Gasteiger partial charge in [0.15, 0.2) is 0 Å². The van der Waals surface area contributed by atoms with E-state index in [1.54, 1.807) is 29.4 Å². The molecule has 3 aromatic rings. The fourth-order valence-corrected chi connectivity index (χ4v) is 3.61. The molecule has 118 valence electrons. The number of imidazole rings is 1. The molecule has 0 aliphatic carbocycles. The number of carbonyl (C=O) groups is 1. The molecule has 5 nitrogen and oxygen atoms in total. The highest BCUT2D eigenvalue weighted by Crippen LogP contribution is 2.32. The molecular weight excluding hydrogens is 363 g/mol. The number of fused-ring (bicyclic) bond motifs is 1. The molecule has 2 aromatic heterocycles. The van der Waals surface area contributed by atoms with E-state index in [1.165, 1.54) is 6.07 Å². The number of H-pyrrole nitrogens is 2. The van der Waals surface area contributed by atoms with Gasteiger partial charge in [-0.15, -0.1) is 0 Å². The van der Waals surface area contributed by atoms with Gasteiger partial charge in [-0.1, -0.05) is 15.9 Å². The molecule has 3 heterocycles. The fourth-order valence-electron chi connectivity index (χ4n) is 3.18. The summed E-state index contributed by atoms with van der Waals surface area (Å²) in [4.78, 5) is 25.0. The number of amides is 1. The van der Waals surface area contributed by atoms with E-state index in [0.717, 1.165) is 18.7 Å². The summed E-state index contributed by atoms with van der Waals surface area (Å²) in [5.74, 6) is 0.310. The van der Waals surface area contributed by atoms with Gasteiger partial charge in [0, 0.05) is 28.8 Å². The van der Waals surface area contributed by atoms with E-state index in [2.05, 4.69) is 30.9 Å². The molecular formula is C16H14BrFN4O. The topological polar surface area (TPSA) is 64.8 Å². The summed E-state index contributed by atoms with van der Waals surface area (Å²) in [6.07, 6.45) is 5.24. The van der Waals surface area contributed by atoms with E-state index in [1.807, 2.05) is 0 Å². The Labute approximate surface area is 140 Å². The highest BCUT2D eigenvalue weighted by atomic mass is 79.9. The Morgan fingerprint density at radius 1 is 1.39 bits per heavy atom. The van der Waals surface area contributed by atoms with Crippen molar-refractivity contribution in [2.75, 3.05) is 6.54 Å². The number of hydrogen-bond acceptors (Lipinski definition) is 2. The van der Waals surface area contributed by atoms with E-state index in [-0.39, 0.29) is 17.8 Å². The van der Waals surface area contributed by atoms with Gasteiger partial charge in [0.05, 0.1) is 11.6 Å². The van der Waals surface area contributed by atoms with Gasteiger partial charge < -0.3 is 14.9 Å². The predicted molar refractivity (Wildman–Crippen MR) is 87.6 cm³/mol. The first kappa shape index (κ1) is 14.4. The Morgan fingerprint density at radius 2 is 2.26 bits per heavy atom. The Morgan fingerprint density at radius 3 is 3.04 bits per heavy atom. The third kappa shape index (κ3) is 2.45. The van der Waals surface area contributed by atoms with Gasteiger partial charge in [0.25, 0.3) is 5.91 Å². The summed E-state index contributed by atoms with van der Waals surface area (Å²) >= 11 is 3.26. The minimum Gasteiger partial charge on any atom is -0.350 e. The van der Waals surface area contributed by atoms with Crippen LogP contribution in [-0.2, 0) is 0 Å². The monoisotopic (exact) mass is 376 g/mol. The molecule has 1 aliphatic heterocycles. The van der Waals surface area contributed by atoms with Crippen LogP contribution in [0, 0.1) is 5.82 Å². The molecule has 0 radical (unpaired) electrons. The van der Waals surface area contributed by atoms with Crippen LogP contribution < -0.4 is 0 Å². The molecule has 1 saturated heterocycles. The molecule has 23 heavy (non-hydrogen) atoms. The second kappa shape index (κ2) is 5.49. The molecule has 1 amide bonds. The van der Waals surface area contributed by atoms with Gasteiger partial charge in [-0.3, -0.25) is 4.79 Å². The first-order valence-electron chi connectivity index (χ1n) is 7.41. The van der Waals surface area contributed by atoms with Gasteiger partial charge in [-0.25, -0.2) is 9.37 Å². The third-order valence-electron chi connectivity index (χ3n) is 4.23. The molecule has 1 fully saturated rings. The quantitative estimate of drug-likeness (QED) is 0.714. The molecule has 1 unspecified atom stereocenters. The van der Waals surface area contributed by atoms with E-state index >= 15 is 0 Å². The van der Waals surface area contributed by atoms with E-state index in [0.29, 0.717) is 27.6 Å². The number of likely N-dealkylation sites (tertiary alicyclic amines) is 1. The lowest BCUT2D eigenvalue weighted by Crippen LogP contribution is -2.31. The Kier molecular flexibility index (Phi) is 3.45. The Hall–Kier alpha value is -2.15. The number of benzene rings is 1. The lowest BCUT2D eigenvalue weighted by Gasteiger charge is -2.22. The number of aromatic nitrogens is 3. The van der Waals surface area contributed by atoms with Crippen molar-refractivity contribution in [2.45, 2.75) is 18.9 Å². The molecule has 7 heteroatoms. The van der Waals surface area contributed by atoms with E-state index < -0.39 is 0 Å². The number of nitrogens with one attached hydrogen (secondary N) is 2. The van der Waals surface area contributed by atoms with Crippen molar-refractivity contribution in [3.05, 3.63) is 52.4 Å². The maximum atomic E-state index is 14.0. The average molecular weight is 377 g/mol. The van der Waals surface area contributed by atoms with Gasteiger partial charge in [0.2, 0.25) is 0 Å². The second-order valence-electron chi connectivity index (χ2n) is 5.66. The van der Waals surface area contributed by atoms with Crippen molar-refractivity contribution in [1.82, 2.24) is 19.9 Å². The molecule has 1 aliphatic rings. The minimum absolute atomic E-state index is 0.0551. The van der Waals surface area contributed by atoms with Crippen molar-refractivity contribution in [3.8, 4) is 0 Å². The summed E-state index contributed by atoms with van der Waals surface area (Å²) in [7, 11) is 0. The van der Waals surface area contributed by atoms with Crippen LogP contribution >= 0.6 is 15.9 Å². The number of rotatable bonds is 2. The van der Waals surface area contributed by atoms with Crippen LogP contribution in [0.5, 0.6) is 0 Å². The van der Waals surface area contributed by atoms with Crippen LogP contribution in [0.3, 0.4) is 0 Å². The molecule has 0 spiro atoms. The van der Waals surface area contributed by atoms with Crippen molar-refractivity contribution in [2.24, 2.45) is 0 Å². The minimum atomic E-state index is -0.353. The van der Waals surface area contributed by atoms with Crippen molar-refractivity contribution in [3.63, 3.8) is 0 Å². The number of halogens is 2. The third-order valence-corrected chi connectivity index (χ3v) is 4.69. The predicted octanol–water partition coefficient (Wildman–Crippen LogP) is 3.77. The highest BCUT2D eigenvalue weighted by Gasteiger charge is 2.32. The number of nitrogens with zero attached hydrogens (tertiary/aromatic N) is 2. The lowest BCUT2D eigenvalue weighted by atomic mass is 10.2. The molecule has 4 rings (SSSR count). The van der Waals surface area contributed by atoms with Gasteiger partial charge in [0.1, 0.15) is 17.3 Å². The maximum Gasteiger partial charge on any atom is 0.270 e. The first-order chi connectivity index (χ1) is 11.1. The number of aromatic amines is 2. The summed E-state index contributed by atoms with van der Waals surface area (Å²) in [5.41, 5.74) is 1.00. The van der Waals surface area contributed by atoms with Crippen molar-refractivity contribution < 1.29 is 9.18 Å². The zero-order valence-corrected chi connectivity index (χ0v) is 13.7. The molecule has 0 bridgehead atoms. The fraction of sp³-hybridized carbons (Fsp3) is 0.250. The van der Waals surface area contributed by atoms with Crippen LogP contribution in [0.2, 0.25) is 0 Å². The second-order valence-corrected chi connectivity index (χ2v) is 6.58. The zero-order valence-electron chi connectivity index (χ0n) is 12.1. The van der Waals surface area contributed by atoms with Crippen LogP contribution in [0.4, 0.5) is 4.39 Å². The van der Waals surface area contributed by atoms with Gasteiger partial charge in [-0.05, 0) is 31.0 Å². The van der Waals surface area contributed by atoms with Gasteiger partial charge in [-0.2, -0.15) is 0 Å². The maximum absolute atomic E-state index is 14.0. The summed E-state index contributed by atoms with van der Waals surface area (Å²) in [5, 5.41) is 0.422. The normalized spacial score (nSPS) is 18.0. The Balaban J connectivity index is 1.70. The molecule has 2 N–H and O–H groups in total. The molecule has 0 saturated carbocycles. The van der Waals surface area contributed by atoms with Crippen LogP contribution in [0.15, 0.2) is 35.1 Å². The smallest absolute Gasteiger partial charge is 0.270 e. The van der Waals surface area contributed by atoms with Crippen LogP contribution in [-0.4, -0.2) is 32.3 Å². The standard InChI is InChI=1S/C16H14BrFN4O/c17-9-6-11(18)10-8-13(21-12(10)7-9)16(23)22-5-1-2-14(22)15-19-3-4-20-15/h3-4,6-8,14,21H,1-2,5H2,(H,19,20). The first-order valence-corrected chi connectivity index (χ1v) is 8.21. The summed E-state index contributed by atoms with van der Waals surface area (Å²) < 4.78 is 14.6. The van der Waals surface area contributed by atoms with E-state index in [4.69, 9.17) is 0 Å². The zero-order chi connectivity index (χ0) is 16.0. The van der Waals surface area contributed by atoms with Crippen LogP contribution in [0.1, 0.15) is 35.2 Å². The molecule has 1 atom stereocenters. The summed E-state index contributed by atoms with van der Waals surface area (Å²) in [6.45, 7) is 0.672. The Bertz CT molecular complexity index is 874. The van der Waals surface area contributed by atoms with Crippen molar-refractivity contribution >= 4 is 32.7 Å². The lowest BCUT2D eigenvalue weighted by molar-refractivity contribution is 0.0725. The van der Waals surface area contributed by atoms with E-state index in [9.17, 15) is 9.18 Å². The largest absolute Gasteiger partial charge is 0.350 e. The highest BCUT2D eigenvalue weighted by molar-refractivity contribution is 9.10. The number of hydrogen-bond donors (Lipinski definition) is 2. The average Bonchev–Trinajstić information content (AvgIpc) is 3.25. The molecule has 1 aromatic carbocycles. The van der Waals surface area contributed by atoms with Crippen LogP contribution in [0.25, 0.3) is 10.9 Å².